The average Bonchev–Trinajstić information content (AvgIpc) is 2.30. The Morgan fingerprint density at radius 1 is 1.31 bits per heavy atom. The van der Waals surface area contributed by atoms with E-state index < -0.39 is 0 Å². The van der Waals surface area contributed by atoms with Crippen molar-refractivity contribution in [1.82, 2.24) is 5.32 Å². The normalized spacial score (nSPS) is 26.0. The molecular weight excluding hydrogens is 205 g/mol. The Morgan fingerprint density at radius 3 is 2.50 bits per heavy atom. The Kier molecular flexibility index (Phi) is 3.56. The molecule has 2 nitrogen and oxygen atoms in total. The first-order chi connectivity index (χ1) is 7.66. The molecule has 1 aliphatic rings. The maximum atomic E-state index is 12.8. The number of morpholine rings is 1. The van der Waals surface area contributed by atoms with Crippen molar-refractivity contribution in [1.29, 1.82) is 0 Å². The van der Waals surface area contributed by atoms with E-state index in [0.717, 1.165) is 18.7 Å². The Labute approximate surface area is 95.8 Å². The summed E-state index contributed by atoms with van der Waals surface area (Å²) < 4.78 is 18.6. The second-order valence-electron chi connectivity index (χ2n) is 4.63. The van der Waals surface area contributed by atoms with Crippen LogP contribution < -0.4 is 5.32 Å². The average molecular weight is 223 g/mol. The predicted octanol–water partition coefficient (Wildman–Crippen LogP) is 2.51. The summed E-state index contributed by atoms with van der Waals surface area (Å²) in [6, 6.07) is 6.96. The molecule has 0 radical (unpaired) electrons. The largest absolute Gasteiger partial charge is 0.371 e. The lowest BCUT2D eigenvalue weighted by molar-refractivity contribution is -0.00713. The van der Waals surface area contributed by atoms with Gasteiger partial charge in [-0.2, -0.15) is 0 Å². The Morgan fingerprint density at radius 2 is 2.00 bits per heavy atom. The molecule has 0 saturated carbocycles. The van der Waals surface area contributed by atoms with Crippen LogP contribution in [0.1, 0.15) is 25.5 Å². The molecule has 3 heteroatoms. The van der Waals surface area contributed by atoms with Crippen LogP contribution in [0.5, 0.6) is 0 Å². The van der Waals surface area contributed by atoms with Crippen molar-refractivity contribution in [3.05, 3.63) is 35.6 Å². The fourth-order valence-electron chi connectivity index (χ4n) is 1.92. The highest BCUT2D eigenvalue weighted by molar-refractivity contribution is 5.19. The van der Waals surface area contributed by atoms with E-state index in [0.29, 0.717) is 12.0 Å². The van der Waals surface area contributed by atoms with Crippen molar-refractivity contribution in [2.45, 2.75) is 26.0 Å². The highest BCUT2D eigenvalue weighted by Gasteiger charge is 2.23. The van der Waals surface area contributed by atoms with Crippen LogP contribution in [0.3, 0.4) is 0 Å². The zero-order valence-electron chi connectivity index (χ0n) is 9.74. The van der Waals surface area contributed by atoms with Gasteiger partial charge < -0.3 is 10.1 Å². The summed E-state index contributed by atoms with van der Waals surface area (Å²) in [4.78, 5) is 0. The van der Waals surface area contributed by atoms with Crippen LogP contribution in [0.4, 0.5) is 4.39 Å². The van der Waals surface area contributed by atoms with E-state index in [1.165, 1.54) is 12.1 Å². The van der Waals surface area contributed by atoms with Crippen LogP contribution in [0, 0.1) is 11.7 Å². The van der Waals surface area contributed by atoms with Crippen molar-refractivity contribution in [3.63, 3.8) is 0 Å². The highest BCUT2D eigenvalue weighted by Crippen LogP contribution is 2.21. The van der Waals surface area contributed by atoms with E-state index in [1.807, 2.05) is 0 Å². The Bertz CT molecular complexity index is 328. The summed E-state index contributed by atoms with van der Waals surface area (Å²) in [7, 11) is 0. The third-order valence-electron chi connectivity index (χ3n) is 3.09. The fourth-order valence-corrected chi connectivity index (χ4v) is 1.92. The van der Waals surface area contributed by atoms with Gasteiger partial charge in [-0.25, -0.2) is 4.39 Å². The van der Waals surface area contributed by atoms with Gasteiger partial charge in [0.15, 0.2) is 0 Å². The highest BCUT2D eigenvalue weighted by atomic mass is 19.1. The van der Waals surface area contributed by atoms with Crippen molar-refractivity contribution in [2.75, 3.05) is 13.2 Å². The van der Waals surface area contributed by atoms with Crippen LogP contribution >= 0.6 is 0 Å². The van der Waals surface area contributed by atoms with Gasteiger partial charge in [0.25, 0.3) is 0 Å². The van der Waals surface area contributed by atoms with E-state index in [1.54, 1.807) is 12.1 Å². The number of halogens is 1. The van der Waals surface area contributed by atoms with Gasteiger partial charge in [-0.05, 0) is 23.6 Å². The van der Waals surface area contributed by atoms with Crippen LogP contribution in [0.15, 0.2) is 24.3 Å². The minimum atomic E-state index is -0.201. The molecule has 1 N–H and O–H groups in total. The molecular formula is C13H18FNO. The molecule has 1 aliphatic heterocycles. The molecule has 1 saturated heterocycles. The van der Waals surface area contributed by atoms with Crippen LogP contribution in [0.25, 0.3) is 0 Å². The third kappa shape index (κ3) is 2.60. The molecule has 1 fully saturated rings. The molecule has 1 aromatic rings. The van der Waals surface area contributed by atoms with E-state index in [9.17, 15) is 4.39 Å². The van der Waals surface area contributed by atoms with E-state index in [4.69, 9.17) is 4.74 Å². The van der Waals surface area contributed by atoms with Gasteiger partial charge in [0.2, 0.25) is 0 Å². The maximum Gasteiger partial charge on any atom is 0.123 e. The summed E-state index contributed by atoms with van der Waals surface area (Å²) in [5.74, 6) is 0.377. The monoisotopic (exact) mass is 223 g/mol. The molecule has 0 aromatic heterocycles. The van der Waals surface area contributed by atoms with Gasteiger partial charge in [-0.3, -0.25) is 0 Å². The van der Waals surface area contributed by atoms with Crippen LogP contribution in [-0.4, -0.2) is 19.2 Å². The minimum absolute atomic E-state index is 0.0515. The van der Waals surface area contributed by atoms with Crippen molar-refractivity contribution in [2.24, 2.45) is 5.92 Å². The summed E-state index contributed by atoms with van der Waals surface area (Å²) in [6.45, 7) is 5.88. The van der Waals surface area contributed by atoms with Gasteiger partial charge in [-0.1, -0.05) is 26.0 Å². The van der Waals surface area contributed by atoms with Gasteiger partial charge in [0, 0.05) is 12.6 Å². The molecule has 0 bridgehead atoms. The summed E-state index contributed by atoms with van der Waals surface area (Å²) in [5.41, 5.74) is 1.04. The lowest BCUT2D eigenvalue weighted by atomic mass is 10.0. The number of hydrogen-bond acceptors (Lipinski definition) is 2. The summed E-state index contributed by atoms with van der Waals surface area (Å²) >= 11 is 0. The predicted molar refractivity (Wildman–Crippen MR) is 61.7 cm³/mol. The zero-order valence-corrected chi connectivity index (χ0v) is 9.74. The molecule has 0 aliphatic carbocycles. The molecule has 2 atom stereocenters. The molecule has 2 unspecified atom stereocenters. The first-order valence-corrected chi connectivity index (χ1v) is 5.77. The number of ether oxygens (including phenoxy) is 1. The third-order valence-corrected chi connectivity index (χ3v) is 3.09. The summed E-state index contributed by atoms with van der Waals surface area (Å²) in [5, 5.41) is 3.46. The second kappa shape index (κ2) is 4.93. The van der Waals surface area contributed by atoms with Gasteiger partial charge in [0.1, 0.15) is 5.82 Å². The minimum Gasteiger partial charge on any atom is -0.371 e. The fraction of sp³-hybridized carbons (Fsp3) is 0.538. The van der Waals surface area contributed by atoms with E-state index >= 15 is 0 Å². The van der Waals surface area contributed by atoms with Gasteiger partial charge in [-0.15, -0.1) is 0 Å². The van der Waals surface area contributed by atoms with Crippen molar-refractivity contribution >= 4 is 0 Å². The summed E-state index contributed by atoms with van der Waals surface area (Å²) in [6.07, 6.45) is 0.0515. The lowest BCUT2D eigenvalue weighted by Crippen LogP contribution is -2.45. The molecule has 0 amide bonds. The SMILES string of the molecule is CC(C)C1COC(c2ccc(F)cc2)CN1. The van der Waals surface area contributed by atoms with Gasteiger partial charge in [0.05, 0.1) is 12.7 Å². The molecule has 1 heterocycles. The molecule has 0 spiro atoms. The second-order valence-corrected chi connectivity index (χ2v) is 4.63. The van der Waals surface area contributed by atoms with E-state index in [-0.39, 0.29) is 11.9 Å². The Hall–Kier alpha value is -0.930. The first-order valence-electron chi connectivity index (χ1n) is 5.77. The van der Waals surface area contributed by atoms with Crippen LogP contribution in [0.2, 0.25) is 0 Å². The Balaban J connectivity index is 1.96. The maximum absolute atomic E-state index is 12.8. The van der Waals surface area contributed by atoms with Crippen molar-refractivity contribution < 1.29 is 9.13 Å². The van der Waals surface area contributed by atoms with Crippen LogP contribution in [-0.2, 0) is 4.74 Å². The number of rotatable bonds is 2. The molecule has 1 aromatic carbocycles. The number of nitrogens with one attached hydrogen (secondary N) is 1. The molecule has 2 rings (SSSR count). The topological polar surface area (TPSA) is 21.3 Å². The lowest BCUT2D eigenvalue weighted by Gasteiger charge is -2.32. The standard InChI is InChI=1S/C13H18FNO/c1-9(2)12-8-16-13(7-15-12)10-3-5-11(14)6-4-10/h3-6,9,12-13,15H,7-8H2,1-2H3. The molecule has 16 heavy (non-hydrogen) atoms. The number of hydrogen-bond donors (Lipinski definition) is 1. The molecule has 88 valence electrons. The zero-order chi connectivity index (χ0) is 11.5. The van der Waals surface area contributed by atoms with Crippen molar-refractivity contribution in [3.8, 4) is 0 Å². The van der Waals surface area contributed by atoms with Gasteiger partial charge >= 0.3 is 0 Å². The van der Waals surface area contributed by atoms with E-state index in [2.05, 4.69) is 19.2 Å². The number of benzene rings is 1. The smallest absolute Gasteiger partial charge is 0.123 e. The quantitative estimate of drug-likeness (QED) is 0.831. The first kappa shape index (κ1) is 11.6.